The molecule has 0 spiro atoms. The minimum absolute atomic E-state index is 0.0984. The van der Waals surface area contributed by atoms with E-state index in [9.17, 15) is 4.79 Å². The van der Waals surface area contributed by atoms with Crippen molar-refractivity contribution in [3.8, 4) is 0 Å². The summed E-state index contributed by atoms with van der Waals surface area (Å²) in [7, 11) is 0. The molecule has 0 aliphatic carbocycles. The summed E-state index contributed by atoms with van der Waals surface area (Å²) in [6.07, 6.45) is 6.00. The number of benzene rings is 1. The van der Waals surface area contributed by atoms with Crippen LogP contribution in [0.15, 0.2) is 22.7 Å². The number of nitrogens with two attached hydrogens (primary N) is 1. The van der Waals surface area contributed by atoms with E-state index in [1.54, 1.807) is 6.07 Å². The van der Waals surface area contributed by atoms with E-state index < -0.39 is 0 Å². The van der Waals surface area contributed by atoms with Gasteiger partial charge in [-0.05, 0) is 53.2 Å². The fourth-order valence-electron chi connectivity index (χ4n) is 2.95. The van der Waals surface area contributed by atoms with Gasteiger partial charge in [-0.1, -0.05) is 25.8 Å². The molecule has 1 aromatic carbocycles. The van der Waals surface area contributed by atoms with Gasteiger partial charge >= 0.3 is 0 Å². The molecular weight excluding hydrogens is 316 g/mol. The quantitative estimate of drug-likeness (QED) is 0.844. The lowest BCUT2D eigenvalue weighted by Gasteiger charge is -2.21. The Morgan fingerprint density at radius 3 is 2.95 bits per heavy atom. The Balaban J connectivity index is 2.07. The molecule has 4 heteroatoms. The summed E-state index contributed by atoms with van der Waals surface area (Å²) < 4.78 is 0.722. The molecule has 1 aliphatic heterocycles. The number of carbonyl (C=O) groups excluding carboxylic acids is 1. The zero-order valence-electron chi connectivity index (χ0n) is 12.1. The van der Waals surface area contributed by atoms with Crippen LogP contribution < -0.4 is 5.73 Å². The number of halogens is 1. The van der Waals surface area contributed by atoms with E-state index in [4.69, 9.17) is 5.73 Å². The molecule has 110 valence electrons. The minimum atomic E-state index is 0.0984. The van der Waals surface area contributed by atoms with Crippen LogP contribution in [-0.4, -0.2) is 23.9 Å². The van der Waals surface area contributed by atoms with Crippen molar-refractivity contribution in [2.24, 2.45) is 5.92 Å². The predicted octanol–water partition coefficient (Wildman–Crippen LogP) is 4.07. The Hall–Kier alpha value is -1.03. The molecule has 1 unspecified atom stereocenters. The summed E-state index contributed by atoms with van der Waals surface area (Å²) in [5.41, 5.74) is 7.16. The normalized spacial score (nSPS) is 19.7. The molecular formula is C16H23BrN2O. The summed E-state index contributed by atoms with van der Waals surface area (Å²) in [6.45, 7) is 3.96. The van der Waals surface area contributed by atoms with Gasteiger partial charge in [0, 0.05) is 18.8 Å². The highest BCUT2D eigenvalue weighted by Crippen LogP contribution is 2.27. The van der Waals surface area contributed by atoms with Gasteiger partial charge in [0.15, 0.2) is 0 Å². The molecule has 1 aromatic rings. The number of nitrogens with zero attached hydrogens (tertiary/aromatic N) is 1. The topological polar surface area (TPSA) is 46.3 Å². The van der Waals surface area contributed by atoms with Gasteiger partial charge in [0.05, 0.1) is 10.0 Å². The summed E-state index contributed by atoms with van der Waals surface area (Å²) in [6, 6.07) is 5.49. The first-order valence-corrected chi connectivity index (χ1v) is 8.26. The van der Waals surface area contributed by atoms with Crippen LogP contribution in [0, 0.1) is 5.92 Å². The highest BCUT2D eigenvalue weighted by Gasteiger charge is 2.22. The van der Waals surface area contributed by atoms with Crippen LogP contribution in [0.2, 0.25) is 0 Å². The first-order chi connectivity index (χ1) is 9.63. The summed E-state index contributed by atoms with van der Waals surface area (Å²) in [5.74, 6) is 0.878. The zero-order valence-corrected chi connectivity index (χ0v) is 13.7. The van der Waals surface area contributed by atoms with E-state index in [-0.39, 0.29) is 5.91 Å². The van der Waals surface area contributed by atoms with Gasteiger partial charge in [-0.2, -0.15) is 0 Å². The molecule has 1 aliphatic rings. The van der Waals surface area contributed by atoms with E-state index >= 15 is 0 Å². The fraction of sp³-hybridized carbons (Fsp3) is 0.562. The third kappa shape index (κ3) is 3.54. The average molecular weight is 339 g/mol. The van der Waals surface area contributed by atoms with E-state index in [1.807, 2.05) is 17.0 Å². The molecule has 0 aromatic heterocycles. The highest BCUT2D eigenvalue weighted by atomic mass is 79.9. The average Bonchev–Trinajstić information content (AvgIpc) is 2.67. The second-order valence-electron chi connectivity index (χ2n) is 5.59. The molecule has 2 rings (SSSR count). The second-order valence-corrected chi connectivity index (χ2v) is 6.38. The molecule has 0 radical (unpaired) electrons. The van der Waals surface area contributed by atoms with Crippen molar-refractivity contribution in [2.75, 3.05) is 18.8 Å². The Labute approximate surface area is 129 Å². The first-order valence-electron chi connectivity index (χ1n) is 7.46. The summed E-state index contributed by atoms with van der Waals surface area (Å²) >= 11 is 3.43. The lowest BCUT2D eigenvalue weighted by atomic mass is 9.96. The number of hydrogen-bond acceptors (Lipinski definition) is 2. The van der Waals surface area contributed by atoms with Crippen LogP contribution in [0.4, 0.5) is 5.69 Å². The number of hydrogen-bond donors (Lipinski definition) is 1. The Morgan fingerprint density at radius 1 is 1.40 bits per heavy atom. The molecule has 1 amide bonds. The number of rotatable bonds is 3. The fourth-order valence-corrected chi connectivity index (χ4v) is 3.38. The molecule has 0 saturated carbocycles. The molecule has 1 atom stereocenters. The van der Waals surface area contributed by atoms with Gasteiger partial charge in [0.1, 0.15) is 0 Å². The lowest BCUT2D eigenvalue weighted by Crippen LogP contribution is -2.32. The van der Waals surface area contributed by atoms with Gasteiger partial charge in [-0.25, -0.2) is 0 Å². The number of likely N-dealkylation sites (tertiary alicyclic amines) is 1. The smallest absolute Gasteiger partial charge is 0.255 e. The maximum Gasteiger partial charge on any atom is 0.255 e. The Kier molecular flexibility index (Phi) is 5.46. The van der Waals surface area contributed by atoms with Crippen LogP contribution >= 0.6 is 15.9 Å². The third-order valence-corrected chi connectivity index (χ3v) is 4.98. The monoisotopic (exact) mass is 338 g/mol. The van der Waals surface area contributed by atoms with Crippen LogP contribution in [0.5, 0.6) is 0 Å². The Bertz CT molecular complexity index is 476. The molecule has 3 nitrogen and oxygen atoms in total. The van der Waals surface area contributed by atoms with Gasteiger partial charge in [0.25, 0.3) is 5.91 Å². The molecule has 2 N–H and O–H groups in total. The number of amides is 1. The maximum atomic E-state index is 12.6. The third-order valence-electron chi connectivity index (χ3n) is 4.09. The first kappa shape index (κ1) is 15.4. The summed E-state index contributed by atoms with van der Waals surface area (Å²) in [5, 5.41) is 0. The van der Waals surface area contributed by atoms with E-state index in [0.29, 0.717) is 11.3 Å². The van der Waals surface area contributed by atoms with E-state index in [1.165, 1.54) is 19.3 Å². The Morgan fingerprint density at radius 2 is 2.20 bits per heavy atom. The largest absolute Gasteiger partial charge is 0.398 e. The standard InChI is InChI=1S/C16H23BrN2O/c1-2-5-12-6-4-10-19(11-9-12)16(20)13-7-3-8-14(18)15(13)17/h3,7-8,12H,2,4-6,9-11,18H2,1H3. The van der Waals surface area contributed by atoms with Crippen LogP contribution in [-0.2, 0) is 0 Å². The van der Waals surface area contributed by atoms with Gasteiger partial charge in [0.2, 0.25) is 0 Å². The van der Waals surface area contributed by atoms with Gasteiger partial charge in [-0.15, -0.1) is 0 Å². The number of nitrogen functional groups attached to an aromatic ring is 1. The second kappa shape index (κ2) is 7.11. The number of anilines is 1. The van der Waals surface area contributed by atoms with Crippen molar-refractivity contribution in [1.82, 2.24) is 4.90 Å². The summed E-state index contributed by atoms with van der Waals surface area (Å²) in [4.78, 5) is 14.6. The van der Waals surface area contributed by atoms with Crippen LogP contribution in [0.25, 0.3) is 0 Å². The zero-order chi connectivity index (χ0) is 14.5. The highest BCUT2D eigenvalue weighted by molar-refractivity contribution is 9.10. The van der Waals surface area contributed by atoms with Crippen molar-refractivity contribution in [2.45, 2.75) is 39.0 Å². The molecule has 1 heterocycles. The van der Waals surface area contributed by atoms with Crippen LogP contribution in [0.3, 0.4) is 0 Å². The van der Waals surface area contributed by atoms with E-state index in [0.717, 1.165) is 36.3 Å². The maximum absolute atomic E-state index is 12.6. The van der Waals surface area contributed by atoms with E-state index in [2.05, 4.69) is 22.9 Å². The van der Waals surface area contributed by atoms with Crippen molar-refractivity contribution in [3.05, 3.63) is 28.2 Å². The van der Waals surface area contributed by atoms with Crippen molar-refractivity contribution < 1.29 is 4.79 Å². The molecule has 1 saturated heterocycles. The van der Waals surface area contributed by atoms with Crippen molar-refractivity contribution in [3.63, 3.8) is 0 Å². The van der Waals surface area contributed by atoms with Crippen molar-refractivity contribution >= 4 is 27.5 Å². The van der Waals surface area contributed by atoms with Gasteiger partial charge in [-0.3, -0.25) is 4.79 Å². The predicted molar refractivity (Wildman–Crippen MR) is 86.7 cm³/mol. The van der Waals surface area contributed by atoms with Crippen LogP contribution in [0.1, 0.15) is 49.4 Å². The molecule has 1 fully saturated rings. The van der Waals surface area contributed by atoms with Gasteiger partial charge < -0.3 is 10.6 Å². The molecule has 20 heavy (non-hydrogen) atoms. The SMILES string of the molecule is CCCC1CCCN(C(=O)c2cccc(N)c2Br)CC1. The van der Waals surface area contributed by atoms with Crippen molar-refractivity contribution in [1.29, 1.82) is 0 Å². The number of carbonyl (C=O) groups is 1. The molecule has 0 bridgehead atoms. The minimum Gasteiger partial charge on any atom is -0.398 e. The lowest BCUT2D eigenvalue weighted by molar-refractivity contribution is 0.0759.